The first-order chi connectivity index (χ1) is 56.5. The van der Waals surface area contributed by atoms with E-state index in [-0.39, 0.29) is 0 Å². The van der Waals surface area contributed by atoms with Crippen molar-refractivity contribution in [2.24, 2.45) is 0 Å². The number of rotatable bonds is 9. The third-order valence-corrected chi connectivity index (χ3v) is 26.8. The summed E-state index contributed by atoms with van der Waals surface area (Å²) in [5, 5.41) is 8.91. The molecular formula is C110H71NO4. The second kappa shape index (κ2) is 23.2. The number of fused-ring (bicyclic) bond motifs is 27. The van der Waals surface area contributed by atoms with Crippen molar-refractivity contribution in [3.8, 4) is 66.8 Å². The highest BCUT2D eigenvalue weighted by Crippen LogP contribution is 2.66. The summed E-state index contributed by atoms with van der Waals surface area (Å²) in [4.78, 5) is 2.58. The van der Waals surface area contributed by atoms with Crippen LogP contribution in [0.2, 0.25) is 0 Å². The Bertz CT molecular complexity index is 7680. The Kier molecular flexibility index (Phi) is 13.0. The van der Waals surface area contributed by atoms with Crippen LogP contribution in [0.3, 0.4) is 0 Å². The molecule has 0 atom stereocenters. The van der Waals surface area contributed by atoms with Crippen molar-refractivity contribution in [2.75, 3.05) is 4.90 Å². The molecule has 540 valence electrons. The van der Waals surface area contributed by atoms with Crippen LogP contribution in [-0.2, 0) is 21.7 Å². The maximum Gasteiger partial charge on any atom is 0.143 e. The lowest BCUT2D eigenvalue weighted by molar-refractivity contribution is 0.657. The van der Waals surface area contributed by atoms with Crippen LogP contribution in [0.5, 0.6) is 0 Å². The fraction of sp³-hybridized carbons (Fsp3) is 0.0727. The lowest BCUT2D eigenvalue weighted by atomic mass is 9.66. The van der Waals surface area contributed by atoms with E-state index in [4.69, 9.17) is 17.7 Å². The Balaban J connectivity index is 0.752. The summed E-state index contributed by atoms with van der Waals surface area (Å²) < 4.78 is 27.6. The van der Waals surface area contributed by atoms with Gasteiger partial charge in [-0.25, -0.2) is 0 Å². The molecule has 4 heterocycles. The van der Waals surface area contributed by atoms with Gasteiger partial charge < -0.3 is 22.6 Å². The first-order valence-electron chi connectivity index (χ1n) is 40.1. The Morgan fingerprint density at radius 2 is 0.565 bits per heavy atom. The van der Waals surface area contributed by atoms with E-state index in [2.05, 4.69) is 384 Å². The minimum Gasteiger partial charge on any atom is -0.456 e. The van der Waals surface area contributed by atoms with Crippen LogP contribution in [-0.4, -0.2) is 0 Å². The Hall–Kier alpha value is -14.3. The number of hydrogen-bond donors (Lipinski definition) is 0. The van der Waals surface area contributed by atoms with Crippen molar-refractivity contribution in [3.05, 3.63) is 425 Å². The molecule has 0 radical (unpaired) electrons. The zero-order valence-corrected chi connectivity index (χ0v) is 63.6. The van der Waals surface area contributed by atoms with Crippen molar-refractivity contribution in [1.29, 1.82) is 0 Å². The van der Waals surface area contributed by atoms with Gasteiger partial charge in [0.25, 0.3) is 0 Å². The molecule has 115 heavy (non-hydrogen) atoms. The van der Waals surface area contributed by atoms with Crippen molar-refractivity contribution in [1.82, 2.24) is 0 Å². The number of benzene rings is 17. The summed E-state index contributed by atoms with van der Waals surface area (Å²) in [7, 11) is 0. The van der Waals surface area contributed by atoms with Gasteiger partial charge in [-0.2, -0.15) is 0 Å². The Morgan fingerprint density at radius 3 is 1.09 bits per heavy atom. The van der Waals surface area contributed by atoms with Crippen LogP contribution in [0.4, 0.5) is 17.1 Å². The molecule has 4 aliphatic rings. The van der Waals surface area contributed by atoms with E-state index >= 15 is 0 Å². The van der Waals surface area contributed by atoms with E-state index in [0.29, 0.717) is 0 Å². The van der Waals surface area contributed by atoms with Gasteiger partial charge in [-0.3, -0.25) is 0 Å². The SMILES string of the molecule is CC1(C)c2cc(N(c3ccc4c(c3)C(C)(C)c3cc(-c5ccc6oc7ccccc7c6c5)c5oc6ccccc6c5c3-4)c3ccc4c(c3)C(c3ccccc3)(c3ccccc3)c3cc5c(cc3-4)C(c3ccccc3)(c3ccccc3)c3ccc4oc6ccccc6c4c3-5)ccc2-c2c1cc(-c1ccccc1)c1oc3ccccc3c21. The normalized spacial score (nSPS) is 14.7. The van der Waals surface area contributed by atoms with Gasteiger partial charge in [-0.15, -0.1) is 0 Å². The predicted octanol–water partition coefficient (Wildman–Crippen LogP) is 29.4. The fourth-order valence-corrected chi connectivity index (χ4v) is 21.7. The van der Waals surface area contributed by atoms with Gasteiger partial charge in [0.15, 0.2) is 0 Å². The van der Waals surface area contributed by atoms with Gasteiger partial charge in [0.05, 0.1) is 10.8 Å². The van der Waals surface area contributed by atoms with Gasteiger partial charge in [0.2, 0.25) is 0 Å². The number of furan rings is 4. The summed E-state index contributed by atoms with van der Waals surface area (Å²) in [6.45, 7) is 9.70. The van der Waals surface area contributed by atoms with Crippen LogP contribution in [0.25, 0.3) is 155 Å². The van der Waals surface area contributed by atoms with E-state index in [1.165, 1.54) is 111 Å². The summed E-state index contributed by atoms with van der Waals surface area (Å²) in [6.07, 6.45) is 0. The van der Waals surface area contributed by atoms with Gasteiger partial charge in [0, 0.05) is 82.1 Å². The zero-order chi connectivity index (χ0) is 76.0. The van der Waals surface area contributed by atoms with Gasteiger partial charge in [-0.1, -0.05) is 282 Å². The molecule has 4 aromatic heterocycles. The van der Waals surface area contributed by atoms with Crippen molar-refractivity contribution >= 4 is 105 Å². The number of para-hydroxylation sites is 4. The minimum atomic E-state index is -0.842. The van der Waals surface area contributed by atoms with Crippen LogP contribution < -0.4 is 4.90 Å². The third kappa shape index (κ3) is 8.50. The molecule has 21 aromatic rings. The second-order valence-corrected chi connectivity index (χ2v) is 33.1. The molecule has 0 N–H and O–H groups in total. The molecule has 4 aliphatic carbocycles. The van der Waals surface area contributed by atoms with Gasteiger partial charge in [0.1, 0.15) is 44.7 Å². The standard InChI is InChI=1S/C110H71NO4/c1-107(2)86-57-70(48-51-75(86)99-91(107)60-80(64-28-10-5-11-29-64)105-103(99)78-40-22-26-44-95(78)114-105)111(71-49-52-76-87(58-71)108(3,4)92-61-81(106-104(100(76)92)79-41-23-27-45-96(79)115-106)65-46-54-97-83(56-65)74-38-20-24-42-93(74)112-97)72-47-50-73-82-62-90-84(63-89(82)110(88(73)59-72,68-34-16-8-17-35-68)69-36-18-9-19-37-69)101-85(53-55-98-102(101)77-39-21-25-43-94(77)113-98)109(90,66-30-12-6-13-31-66)67-32-14-7-15-33-67/h5-63H,1-4H3. The number of nitrogens with zero attached hydrogens (tertiary/aromatic N) is 1. The first kappa shape index (κ1) is 64.4. The molecule has 0 aliphatic heterocycles. The van der Waals surface area contributed by atoms with E-state index in [1.54, 1.807) is 0 Å². The average molecular weight is 1470 g/mol. The number of anilines is 3. The molecule has 0 saturated heterocycles. The van der Waals surface area contributed by atoms with Crippen LogP contribution >= 0.6 is 0 Å². The van der Waals surface area contributed by atoms with Gasteiger partial charge >= 0.3 is 0 Å². The summed E-state index contributed by atoms with van der Waals surface area (Å²) in [6, 6.07) is 134. The molecule has 17 aromatic carbocycles. The minimum absolute atomic E-state index is 0.451. The maximum atomic E-state index is 7.17. The van der Waals surface area contributed by atoms with E-state index < -0.39 is 21.7 Å². The third-order valence-electron chi connectivity index (χ3n) is 26.8. The predicted molar refractivity (Wildman–Crippen MR) is 471 cm³/mol. The number of hydrogen-bond acceptors (Lipinski definition) is 5. The lowest BCUT2D eigenvalue weighted by Gasteiger charge is -2.36. The molecule has 25 rings (SSSR count). The van der Waals surface area contributed by atoms with Crippen LogP contribution in [0.1, 0.15) is 94.5 Å². The Labute approximate surface area is 663 Å². The highest BCUT2D eigenvalue weighted by Gasteiger charge is 2.53. The molecule has 0 spiro atoms. The Morgan fingerprint density at radius 1 is 0.209 bits per heavy atom. The monoisotopic (exact) mass is 1470 g/mol. The molecule has 0 fully saturated rings. The smallest absolute Gasteiger partial charge is 0.143 e. The van der Waals surface area contributed by atoms with Crippen molar-refractivity contribution in [2.45, 2.75) is 49.4 Å². The molecular weight excluding hydrogens is 1400 g/mol. The molecule has 5 heteroatoms. The fourth-order valence-electron chi connectivity index (χ4n) is 21.7. The quantitative estimate of drug-likeness (QED) is 0.144. The summed E-state index contributed by atoms with van der Waals surface area (Å²) in [5.74, 6) is 0. The van der Waals surface area contributed by atoms with Gasteiger partial charge in [-0.05, 0) is 226 Å². The first-order valence-corrected chi connectivity index (χ1v) is 40.1. The second-order valence-electron chi connectivity index (χ2n) is 33.1. The summed E-state index contributed by atoms with van der Waals surface area (Å²) in [5.41, 5.74) is 36.4. The molecule has 0 unspecified atom stereocenters. The molecule has 0 saturated carbocycles. The van der Waals surface area contributed by atoms with E-state index in [9.17, 15) is 0 Å². The molecule has 5 nitrogen and oxygen atoms in total. The maximum absolute atomic E-state index is 7.17. The van der Waals surface area contributed by atoms with E-state index in [1.807, 2.05) is 6.07 Å². The van der Waals surface area contributed by atoms with Crippen LogP contribution in [0, 0.1) is 0 Å². The van der Waals surface area contributed by atoms with Crippen molar-refractivity contribution in [3.63, 3.8) is 0 Å². The summed E-state index contributed by atoms with van der Waals surface area (Å²) >= 11 is 0. The topological polar surface area (TPSA) is 55.8 Å². The zero-order valence-electron chi connectivity index (χ0n) is 63.6. The lowest BCUT2D eigenvalue weighted by Crippen LogP contribution is -2.30. The molecule has 0 bridgehead atoms. The molecule has 0 amide bonds. The van der Waals surface area contributed by atoms with Crippen molar-refractivity contribution < 1.29 is 17.7 Å². The highest BCUT2D eigenvalue weighted by atomic mass is 16.3. The van der Waals surface area contributed by atoms with Crippen LogP contribution in [0.15, 0.2) is 376 Å². The van der Waals surface area contributed by atoms with E-state index in [0.717, 1.165) is 127 Å². The average Bonchev–Trinajstić information content (AvgIpc) is 1.50. The largest absolute Gasteiger partial charge is 0.456 e. The highest BCUT2D eigenvalue weighted by molar-refractivity contribution is 6.22.